The zero-order valence-electron chi connectivity index (χ0n) is 24.3. The molecule has 2 atom stereocenters. The second-order valence-corrected chi connectivity index (χ2v) is 12.7. The normalized spacial score (nSPS) is 13.3. The summed E-state index contributed by atoms with van der Waals surface area (Å²) in [4.78, 5) is 25.5. The summed E-state index contributed by atoms with van der Waals surface area (Å²) in [5, 5.41) is 24.6. The Labute approximate surface area is 250 Å². The van der Waals surface area contributed by atoms with Crippen molar-refractivity contribution in [2.24, 2.45) is 5.92 Å². The molecule has 3 N–H and O–H groups in total. The summed E-state index contributed by atoms with van der Waals surface area (Å²) >= 11 is 0. The van der Waals surface area contributed by atoms with Crippen molar-refractivity contribution in [1.82, 2.24) is 9.62 Å². The van der Waals surface area contributed by atoms with Gasteiger partial charge in [-0.1, -0.05) is 44.2 Å². The van der Waals surface area contributed by atoms with Crippen molar-refractivity contribution in [2.45, 2.75) is 43.7 Å². The van der Waals surface area contributed by atoms with Crippen molar-refractivity contribution in [3.63, 3.8) is 0 Å². The summed E-state index contributed by atoms with van der Waals surface area (Å²) in [6, 6.07) is 19.9. The Morgan fingerprint density at radius 2 is 1.70 bits per heavy atom. The number of amides is 1. The van der Waals surface area contributed by atoms with Crippen LogP contribution in [0.15, 0.2) is 93.0 Å². The first-order valence-electron chi connectivity index (χ1n) is 13.9. The lowest BCUT2D eigenvalue weighted by Gasteiger charge is -2.31. The summed E-state index contributed by atoms with van der Waals surface area (Å²) in [6.07, 6.45) is -1.24. The van der Waals surface area contributed by atoms with Crippen LogP contribution in [0.3, 0.4) is 0 Å². The third kappa shape index (κ3) is 8.22. The third-order valence-electron chi connectivity index (χ3n) is 6.93. The average molecular weight is 609 g/mol. The maximum absolute atomic E-state index is 13.7. The molecule has 1 aromatic heterocycles. The number of aliphatic hydroxyl groups excluding tert-OH is 1. The number of aliphatic hydroxyl groups is 1. The third-order valence-corrected chi connectivity index (χ3v) is 8.78. The molecule has 0 aliphatic carbocycles. The second-order valence-electron chi connectivity index (χ2n) is 10.8. The number of methoxy groups -OCH3 is 1. The van der Waals surface area contributed by atoms with Gasteiger partial charge in [0.15, 0.2) is 0 Å². The number of carbonyl (C=O) groups is 1. The Kier molecular flexibility index (Phi) is 10.2. The predicted molar refractivity (Wildman–Crippen MR) is 163 cm³/mol. The molecule has 0 radical (unpaired) electrons. The SMILES string of the molecule is COc1ccc(S(=O)(=O)N(CC(C)C)C[C@@H](O)[C@H](Cc2ccccc2)NC(=O)Cc2cc(=O)oc3cc(O)ccc23)cc1. The summed E-state index contributed by atoms with van der Waals surface area (Å²) < 4.78 is 38.9. The van der Waals surface area contributed by atoms with Crippen LogP contribution in [0.1, 0.15) is 25.0 Å². The number of carbonyl (C=O) groups excluding carboxylic acids is 1. The summed E-state index contributed by atoms with van der Waals surface area (Å²) in [6.45, 7) is 3.65. The molecule has 0 saturated carbocycles. The molecule has 4 rings (SSSR count). The molecule has 0 bridgehead atoms. The number of phenolic OH excluding ortho intramolecular Hbond substituents is 1. The van der Waals surface area contributed by atoms with Gasteiger partial charge in [0, 0.05) is 30.6 Å². The lowest BCUT2D eigenvalue weighted by molar-refractivity contribution is -0.122. The number of hydrogen-bond donors (Lipinski definition) is 3. The fraction of sp³-hybridized carbons (Fsp3) is 0.312. The van der Waals surface area contributed by atoms with E-state index in [1.807, 2.05) is 44.2 Å². The zero-order chi connectivity index (χ0) is 31.1. The van der Waals surface area contributed by atoms with Crippen molar-refractivity contribution in [2.75, 3.05) is 20.2 Å². The van der Waals surface area contributed by atoms with E-state index in [4.69, 9.17) is 9.15 Å². The molecule has 0 saturated heterocycles. The molecule has 1 amide bonds. The van der Waals surface area contributed by atoms with E-state index in [0.717, 1.165) is 5.56 Å². The number of nitrogens with one attached hydrogen (secondary N) is 1. The molecule has 11 heteroatoms. The maximum Gasteiger partial charge on any atom is 0.336 e. The summed E-state index contributed by atoms with van der Waals surface area (Å²) in [7, 11) is -2.50. The lowest BCUT2D eigenvalue weighted by atomic mass is 10.00. The van der Waals surface area contributed by atoms with Gasteiger partial charge in [-0.25, -0.2) is 13.2 Å². The fourth-order valence-electron chi connectivity index (χ4n) is 4.86. The first-order valence-corrected chi connectivity index (χ1v) is 15.3. The van der Waals surface area contributed by atoms with Crippen molar-refractivity contribution in [1.29, 1.82) is 0 Å². The van der Waals surface area contributed by atoms with Gasteiger partial charge < -0.3 is 24.7 Å². The highest BCUT2D eigenvalue weighted by Gasteiger charge is 2.31. The van der Waals surface area contributed by atoms with Crippen molar-refractivity contribution < 1.29 is 32.6 Å². The Morgan fingerprint density at radius 1 is 1.00 bits per heavy atom. The van der Waals surface area contributed by atoms with Crippen LogP contribution >= 0.6 is 0 Å². The molecule has 228 valence electrons. The number of benzene rings is 3. The molecule has 0 aliphatic rings. The molecular formula is C32H36N2O8S. The molecule has 0 fully saturated rings. The number of rotatable bonds is 13. The van der Waals surface area contributed by atoms with E-state index in [2.05, 4.69) is 5.32 Å². The van der Waals surface area contributed by atoms with Gasteiger partial charge in [-0.05, 0) is 59.9 Å². The Morgan fingerprint density at radius 3 is 2.35 bits per heavy atom. The fourth-order valence-corrected chi connectivity index (χ4v) is 6.48. The van der Waals surface area contributed by atoms with Crippen LogP contribution in [-0.4, -0.2) is 61.2 Å². The van der Waals surface area contributed by atoms with Crippen LogP contribution in [0.4, 0.5) is 0 Å². The van der Waals surface area contributed by atoms with Crippen molar-refractivity contribution in [3.8, 4) is 11.5 Å². The molecule has 43 heavy (non-hydrogen) atoms. The van der Waals surface area contributed by atoms with E-state index in [1.54, 1.807) is 18.2 Å². The molecule has 3 aromatic carbocycles. The van der Waals surface area contributed by atoms with E-state index in [0.29, 0.717) is 16.7 Å². The summed E-state index contributed by atoms with van der Waals surface area (Å²) in [5.74, 6) is -0.0899. The van der Waals surface area contributed by atoms with Gasteiger partial charge in [0.25, 0.3) is 0 Å². The maximum atomic E-state index is 13.7. The van der Waals surface area contributed by atoms with E-state index < -0.39 is 33.7 Å². The number of hydrogen-bond acceptors (Lipinski definition) is 8. The lowest BCUT2D eigenvalue weighted by Crippen LogP contribution is -2.51. The topological polar surface area (TPSA) is 146 Å². The minimum Gasteiger partial charge on any atom is -0.508 e. The van der Waals surface area contributed by atoms with E-state index >= 15 is 0 Å². The molecule has 1 heterocycles. The Balaban J connectivity index is 1.60. The van der Waals surface area contributed by atoms with Crippen LogP contribution < -0.4 is 15.7 Å². The predicted octanol–water partition coefficient (Wildman–Crippen LogP) is 3.49. The number of phenols is 1. The quantitative estimate of drug-likeness (QED) is 0.196. The number of nitrogens with zero attached hydrogens (tertiary/aromatic N) is 1. The largest absolute Gasteiger partial charge is 0.508 e. The van der Waals surface area contributed by atoms with Gasteiger partial charge >= 0.3 is 5.63 Å². The number of sulfonamides is 1. The standard InChI is InChI=1S/C32H36N2O8S/c1-21(2)19-34(43(39,40)26-12-10-25(41-3)11-13-26)20-29(36)28(15-22-7-5-4-6-8-22)33-31(37)16-23-17-32(38)42-30-18-24(35)9-14-27(23)30/h4-14,17-18,21,28-29,35-36H,15-16,19-20H2,1-3H3,(H,33,37)/t28-,29+/m0/s1. The Hall–Kier alpha value is -4.19. The zero-order valence-corrected chi connectivity index (χ0v) is 25.1. The monoisotopic (exact) mass is 608 g/mol. The highest BCUT2D eigenvalue weighted by Crippen LogP contribution is 2.23. The number of ether oxygens (including phenoxy) is 1. The average Bonchev–Trinajstić information content (AvgIpc) is 2.96. The van der Waals surface area contributed by atoms with Crippen molar-refractivity contribution in [3.05, 3.63) is 100 Å². The Bertz CT molecular complexity index is 1700. The van der Waals surface area contributed by atoms with Crippen LogP contribution in [0.25, 0.3) is 11.0 Å². The van der Waals surface area contributed by atoms with Crippen LogP contribution in [0.2, 0.25) is 0 Å². The van der Waals surface area contributed by atoms with E-state index in [9.17, 15) is 28.2 Å². The van der Waals surface area contributed by atoms with Crippen LogP contribution in [0, 0.1) is 5.92 Å². The first kappa shape index (κ1) is 31.7. The number of fused-ring (bicyclic) bond motifs is 1. The number of aromatic hydroxyl groups is 1. The molecule has 4 aromatic rings. The molecule has 10 nitrogen and oxygen atoms in total. The van der Waals surface area contributed by atoms with Gasteiger partial charge in [-0.15, -0.1) is 0 Å². The van der Waals surface area contributed by atoms with Gasteiger partial charge in [0.05, 0.1) is 30.6 Å². The smallest absolute Gasteiger partial charge is 0.336 e. The molecular weight excluding hydrogens is 572 g/mol. The molecule has 0 unspecified atom stereocenters. The van der Waals surface area contributed by atoms with Crippen LogP contribution in [-0.2, 0) is 27.7 Å². The van der Waals surface area contributed by atoms with E-state index in [-0.39, 0.29) is 48.1 Å². The molecule has 0 spiro atoms. The van der Waals surface area contributed by atoms with Gasteiger partial charge in [-0.3, -0.25) is 4.79 Å². The summed E-state index contributed by atoms with van der Waals surface area (Å²) in [5.41, 5.74) is 0.695. The second kappa shape index (κ2) is 13.9. The minimum atomic E-state index is -3.99. The van der Waals surface area contributed by atoms with Crippen molar-refractivity contribution >= 4 is 26.9 Å². The minimum absolute atomic E-state index is 0.0418. The van der Waals surface area contributed by atoms with Crippen LogP contribution in [0.5, 0.6) is 11.5 Å². The van der Waals surface area contributed by atoms with Gasteiger partial charge in [-0.2, -0.15) is 4.31 Å². The first-order chi connectivity index (χ1) is 20.5. The highest BCUT2D eigenvalue weighted by molar-refractivity contribution is 7.89. The van der Waals surface area contributed by atoms with Gasteiger partial charge in [0.2, 0.25) is 15.9 Å². The molecule has 0 aliphatic heterocycles. The highest BCUT2D eigenvalue weighted by atomic mass is 32.2. The van der Waals surface area contributed by atoms with E-state index in [1.165, 1.54) is 41.7 Å². The van der Waals surface area contributed by atoms with Gasteiger partial charge in [0.1, 0.15) is 17.1 Å².